The molecule has 1 radical (unpaired) electrons. The molecule has 1 rings (SSSR count). The molecular formula is C10H13O. The van der Waals surface area contributed by atoms with Gasteiger partial charge in [-0.25, -0.2) is 0 Å². The Morgan fingerprint density at radius 2 is 1.64 bits per heavy atom. The van der Waals surface area contributed by atoms with Gasteiger partial charge in [-0.1, -0.05) is 31.2 Å². The maximum absolute atomic E-state index is 8.75. The number of rotatable bonds is 3. The van der Waals surface area contributed by atoms with Gasteiger partial charge in [0.1, 0.15) is 0 Å². The van der Waals surface area contributed by atoms with Crippen LogP contribution in [-0.4, -0.2) is 5.11 Å². The lowest BCUT2D eigenvalue weighted by atomic mass is 10.1. The first-order valence-corrected chi connectivity index (χ1v) is 3.84. The number of aliphatic hydroxyl groups excluding tert-OH is 1. The molecule has 0 aromatic heterocycles. The van der Waals surface area contributed by atoms with Crippen molar-refractivity contribution in [3.8, 4) is 0 Å². The van der Waals surface area contributed by atoms with Crippen molar-refractivity contribution in [1.29, 1.82) is 0 Å². The summed E-state index contributed by atoms with van der Waals surface area (Å²) in [4.78, 5) is 0. The van der Waals surface area contributed by atoms with Crippen molar-refractivity contribution in [3.05, 3.63) is 42.3 Å². The highest BCUT2D eigenvalue weighted by Gasteiger charge is 1.91. The van der Waals surface area contributed by atoms with Gasteiger partial charge < -0.3 is 5.11 Å². The number of aliphatic hydroxyl groups is 1. The third-order valence-electron chi connectivity index (χ3n) is 1.67. The van der Waals surface area contributed by atoms with Crippen LogP contribution in [0.1, 0.15) is 17.5 Å². The molecule has 0 saturated heterocycles. The minimum Gasteiger partial charge on any atom is -0.392 e. The van der Waals surface area contributed by atoms with Gasteiger partial charge in [-0.2, -0.15) is 0 Å². The zero-order valence-corrected chi connectivity index (χ0v) is 6.59. The molecule has 1 nitrogen and oxygen atoms in total. The Hall–Kier alpha value is -0.820. The summed E-state index contributed by atoms with van der Waals surface area (Å²) in [6, 6.07) is 7.98. The van der Waals surface area contributed by atoms with Gasteiger partial charge in [0.2, 0.25) is 0 Å². The van der Waals surface area contributed by atoms with Gasteiger partial charge in [-0.15, -0.1) is 0 Å². The molecule has 1 N–H and O–H groups in total. The topological polar surface area (TPSA) is 20.2 Å². The smallest absolute Gasteiger partial charge is 0.0681 e. The summed E-state index contributed by atoms with van der Waals surface area (Å²) in [5, 5.41) is 8.75. The third kappa shape index (κ3) is 2.35. The van der Waals surface area contributed by atoms with E-state index in [-0.39, 0.29) is 6.61 Å². The Bertz CT molecular complexity index is 201. The average Bonchev–Trinajstić information content (AvgIpc) is 2.07. The zero-order valence-electron chi connectivity index (χ0n) is 6.59. The molecule has 0 heterocycles. The molecule has 0 bridgehead atoms. The van der Waals surface area contributed by atoms with Crippen molar-refractivity contribution in [3.63, 3.8) is 0 Å². The summed E-state index contributed by atoms with van der Waals surface area (Å²) in [5.41, 5.74) is 2.26. The van der Waals surface area contributed by atoms with E-state index in [2.05, 4.69) is 6.92 Å². The van der Waals surface area contributed by atoms with Crippen LogP contribution in [0.5, 0.6) is 0 Å². The van der Waals surface area contributed by atoms with Crippen LogP contribution in [-0.2, 0) is 13.0 Å². The lowest BCUT2D eigenvalue weighted by molar-refractivity contribution is 0.282. The molecule has 0 fully saturated rings. The highest BCUT2D eigenvalue weighted by molar-refractivity contribution is 5.21. The first-order valence-electron chi connectivity index (χ1n) is 3.84. The first-order chi connectivity index (χ1) is 5.36. The summed E-state index contributed by atoms with van der Waals surface area (Å²) in [7, 11) is 0. The maximum atomic E-state index is 8.75. The van der Waals surface area contributed by atoms with Gasteiger partial charge in [0.05, 0.1) is 6.61 Å². The van der Waals surface area contributed by atoms with Crippen LogP contribution in [0.4, 0.5) is 0 Å². The van der Waals surface area contributed by atoms with Crippen molar-refractivity contribution in [2.75, 3.05) is 0 Å². The molecule has 0 aliphatic heterocycles. The SMILES string of the molecule is [CH2]CCc1ccc(CO)cc1. The van der Waals surface area contributed by atoms with E-state index in [1.165, 1.54) is 5.56 Å². The third-order valence-corrected chi connectivity index (χ3v) is 1.67. The van der Waals surface area contributed by atoms with Gasteiger partial charge in [-0.05, 0) is 24.0 Å². The van der Waals surface area contributed by atoms with Crippen molar-refractivity contribution >= 4 is 0 Å². The van der Waals surface area contributed by atoms with Gasteiger partial charge in [0.15, 0.2) is 0 Å². The number of hydrogen-bond acceptors (Lipinski definition) is 1. The van der Waals surface area contributed by atoms with E-state index >= 15 is 0 Å². The molecule has 1 heteroatoms. The Morgan fingerprint density at radius 3 is 2.09 bits per heavy atom. The molecule has 0 unspecified atom stereocenters. The van der Waals surface area contributed by atoms with Crippen molar-refractivity contribution in [2.45, 2.75) is 19.4 Å². The van der Waals surface area contributed by atoms with Crippen LogP contribution < -0.4 is 0 Å². The molecule has 11 heavy (non-hydrogen) atoms. The highest BCUT2D eigenvalue weighted by Crippen LogP contribution is 2.05. The lowest BCUT2D eigenvalue weighted by Crippen LogP contribution is -1.85. The van der Waals surface area contributed by atoms with Crippen LogP contribution >= 0.6 is 0 Å². The molecule has 1 aromatic carbocycles. The van der Waals surface area contributed by atoms with Gasteiger partial charge in [-0.3, -0.25) is 0 Å². The Labute approximate surface area is 67.7 Å². The second kappa shape index (κ2) is 4.14. The summed E-state index contributed by atoms with van der Waals surface area (Å²) in [6.07, 6.45) is 1.95. The van der Waals surface area contributed by atoms with Crippen molar-refractivity contribution in [1.82, 2.24) is 0 Å². The fourth-order valence-electron chi connectivity index (χ4n) is 1.02. The van der Waals surface area contributed by atoms with E-state index in [0.29, 0.717) is 0 Å². The number of benzene rings is 1. The molecular weight excluding hydrogens is 136 g/mol. The zero-order chi connectivity index (χ0) is 8.10. The Morgan fingerprint density at radius 1 is 1.09 bits per heavy atom. The summed E-state index contributed by atoms with van der Waals surface area (Å²) < 4.78 is 0. The second-order valence-corrected chi connectivity index (χ2v) is 2.58. The van der Waals surface area contributed by atoms with E-state index in [9.17, 15) is 0 Å². The summed E-state index contributed by atoms with van der Waals surface area (Å²) in [5.74, 6) is 0. The molecule has 0 aliphatic rings. The van der Waals surface area contributed by atoms with Crippen molar-refractivity contribution < 1.29 is 5.11 Å². The predicted octanol–water partition coefficient (Wildman–Crippen LogP) is 1.95. The van der Waals surface area contributed by atoms with E-state index in [1.54, 1.807) is 0 Å². The molecule has 1 aromatic rings. The normalized spacial score (nSPS) is 10.0. The summed E-state index contributed by atoms with van der Waals surface area (Å²) in [6.45, 7) is 3.90. The van der Waals surface area contributed by atoms with E-state index in [4.69, 9.17) is 5.11 Å². The molecule has 0 aliphatic carbocycles. The average molecular weight is 149 g/mol. The fourth-order valence-corrected chi connectivity index (χ4v) is 1.02. The largest absolute Gasteiger partial charge is 0.392 e. The Kier molecular flexibility index (Phi) is 3.12. The predicted molar refractivity (Wildman–Crippen MR) is 46.0 cm³/mol. The van der Waals surface area contributed by atoms with Crippen molar-refractivity contribution in [2.24, 2.45) is 0 Å². The van der Waals surface area contributed by atoms with Crippen LogP contribution in [0.3, 0.4) is 0 Å². The molecule has 59 valence electrons. The molecule has 0 spiro atoms. The van der Waals surface area contributed by atoms with E-state index in [1.807, 2.05) is 24.3 Å². The van der Waals surface area contributed by atoms with Crippen LogP contribution in [0.15, 0.2) is 24.3 Å². The first kappa shape index (κ1) is 8.28. The minimum absolute atomic E-state index is 0.130. The summed E-state index contributed by atoms with van der Waals surface area (Å²) >= 11 is 0. The number of hydrogen-bond donors (Lipinski definition) is 1. The molecule has 0 saturated carbocycles. The minimum atomic E-state index is 0.130. The Balaban J connectivity index is 2.66. The lowest BCUT2D eigenvalue weighted by Gasteiger charge is -1.99. The van der Waals surface area contributed by atoms with Gasteiger partial charge in [0, 0.05) is 0 Å². The van der Waals surface area contributed by atoms with Gasteiger partial charge >= 0.3 is 0 Å². The van der Waals surface area contributed by atoms with Crippen LogP contribution in [0.2, 0.25) is 0 Å². The van der Waals surface area contributed by atoms with E-state index < -0.39 is 0 Å². The van der Waals surface area contributed by atoms with Crippen LogP contribution in [0, 0.1) is 6.92 Å². The highest BCUT2D eigenvalue weighted by atomic mass is 16.3. The standard InChI is InChI=1S/C10H13O/c1-2-3-9-4-6-10(8-11)7-5-9/h4-7,11H,1-3,8H2. The maximum Gasteiger partial charge on any atom is 0.0681 e. The number of aryl methyl sites for hydroxylation is 1. The molecule has 0 amide bonds. The monoisotopic (exact) mass is 149 g/mol. The molecule has 0 atom stereocenters. The second-order valence-electron chi connectivity index (χ2n) is 2.58. The quantitative estimate of drug-likeness (QED) is 0.696. The fraction of sp³-hybridized carbons (Fsp3) is 0.300. The van der Waals surface area contributed by atoms with Gasteiger partial charge in [0.25, 0.3) is 0 Å². The van der Waals surface area contributed by atoms with Crippen LogP contribution in [0.25, 0.3) is 0 Å². The van der Waals surface area contributed by atoms with E-state index in [0.717, 1.165) is 18.4 Å².